The van der Waals surface area contributed by atoms with E-state index in [2.05, 4.69) is 10.2 Å². The number of carbonyl (C=O) groups is 1. The lowest BCUT2D eigenvalue weighted by atomic mass is 10.0. The van der Waals surface area contributed by atoms with Crippen molar-refractivity contribution in [1.82, 2.24) is 10.2 Å². The maximum Gasteiger partial charge on any atom is 0.222 e. The molecular formula is C14H24N2O. The highest BCUT2D eigenvalue weighted by molar-refractivity contribution is 5.77. The van der Waals surface area contributed by atoms with Crippen LogP contribution in [-0.4, -0.2) is 36.5 Å². The van der Waals surface area contributed by atoms with Gasteiger partial charge in [-0.2, -0.15) is 0 Å². The fraction of sp³-hybridized carbons (Fsp3) is 0.929. The molecule has 0 aromatic heterocycles. The van der Waals surface area contributed by atoms with Gasteiger partial charge in [-0.15, -0.1) is 0 Å². The second-order valence-electron chi connectivity index (χ2n) is 6.05. The van der Waals surface area contributed by atoms with E-state index in [1.54, 1.807) is 0 Å². The van der Waals surface area contributed by atoms with Gasteiger partial charge in [-0.3, -0.25) is 4.79 Å². The van der Waals surface area contributed by atoms with Crippen molar-refractivity contribution in [1.29, 1.82) is 0 Å². The summed E-state index contributed by atoms with van der Waals surface area (Å²) in [6.45, 7) is 3.16. The van der Waals surface area contributed by atoms with E-state index in [0.717, 1.165) is 44.3 Å². The van der Waals surface area contributed by atoms with E-state index in [0.29, 0.717) is 11.9 Å². The second kappa shape index (κ2) is 4.97. The normalized spacial score (nSPS) is 33.3. The Morgan fingerprint density at radius 2 is 2.00 bits per heavy atom. The Morgan fingerprint density at radius 1 is 1.18 bits per heavy atom. The molecule has 0 spiro atoms. The van der Waals surface area contributed by atoms with Crippen LogP contribution < -0.4 is 5.32 Å². The van der Waals surface area contributed by atoms with Crippen LogP contribution in [0.15, 0.2) is 0 Å². The first kappa shape index (κ1) is 11.5. The van der Waals surface area contributed by atoms with E-state index in [9.17, 15) is 4.79 Å². The molecule has 1 N–H and O–H groups in total. The first-order valence-corrected chi connectivity index (χ1v) is 7.35. The molecular weight excluding hydrogens is 212 g/mol. The van der Waals surface area contributed by atoms with Crippen LogP contribution in [0.25, 0.3) is 0 Å². The van der Waals surface area contributed by atoms with Crippen LogP contribution in [0.1, 0.15) is 44.9 Å². The summed E-state index contributed by atoms with van der Waals surface area (Å²) in [5.74, 6) is 2.01. The maximum absolute atomic E-state index is 12.2. The minimum atomic E-state index is 0.424. The maximum atomic E-state index is 12.2. The van der Waals surface area contributed by atoms with E-state index in [-0.39, 0.29) is 0 Å². The monoisotopic (exact) mass is 236 g/mol. The molecule has 2 atom stereocenters. The van der Waals surface area contributed by atoms with Gasteiger partial charge >= 0.3 is 0 Å². The number of nitrogens with one attached hydrogen (secondary N) is 1. The quantitative estimate of drug-likeness (QED) is 0.810. The number of fused-ring (bicyclic) bond motifs is 1. The number of nitrogens with zero attached hydrogens (tertiary/aromatic N) is 1. The predicted octanol–water partition coefficient (Wildman–Crippen LogP) is 1.78. The van der Waals surface area contributed by atoms with Gasteiger partial charge in [0.05, 0.1) is 0 Å². The molecule has 1 saturated carbocycles. The smallest absolute Gasteiger partial charge is 0.222 e. The lowest BCUT2D eigenvalue weighted by molar-refractivity contribution is -0.132. The zero-order valence-corrected chi connectivity index (χ0v) is 10.7. The summed E-state index contributed by atoms with van der Waals surface area (Å²) in [7, 11) is 0. The van der Waals surface area contributed by atoms with Gasteiger partial charge in [-0.1, -0.05) is 25.7 Å². The zero-order chi connectivity index (χ0) is 11.7. The van der Waals surface area contributed by atoms with Gasteiger partial charge in [-0.25, -0.2) is 0 Å². The van der Waals surface area contributed by atoms with Gasteiger partial charge in [0.15, 0.2) is 0 Å². The molecule has 3 rings (SSSR count). The molecule has 0 radical (unpaired) electrons. The van der Waals surface area contributed by atoms with Crippen molar-refractivity contribution in [3.63, 3.8) is 0 Å². The highest BCUT2D eigenvalue weighted by Crippen LogP contribution is 2.31. The van der Waals surface area contributed by atoms with E-state index < -0.39 is 0 Å². The van der Waals surface area contributed by atoms with E-state index in [1.165, 1.54) is 32.1 Å². The Hall–Kier alpha value is -0.570. The minimum absolute atomic E-state index is 0.424. The third kappa shape index (κ3) is 2.35. The van der Waals surface area contributed by atoms with Gasteiger partial charge in [-0.05, 0) is 24.7 Å². The third-order valence-corrected chi connectivity index (χ3v) is 5.01. The van der Waals surface area contributed by atoms with Crippen LogP contribution in [0, 0.1) is 11.8 Å². The van der Waals surface area contributed by atoms with Crippen molar-refractivity contribution < 1.29 is 4.79 Å². The lowest BCUT2D eigenvalue weighted by Crippen LogP contribution is -2.39. The Kier molecular flexibility index (Phi) is 3.37. The van der Waals surface area contributed by atoms with Crippen molar-refractivity contribution in [2.45, 2.75) is 51.0 Å². The van der Waals surface area contributed by atoms with E-state index in [4.69, 9.17) is 0 Å². The number of carbonyl (C=O) groups excluding carboxylic acids is 1. The largest absolute Gasteiger partial charge is 0.338 e. The van der Waals surface area contributed by atoms with Crippen LogP contribution in [0.4, 0.5) is 0 Å². The van der Waals surface area contributed by atoms with E-state index >= 15 is 0 Å². The number of amides is 1. The fourth-order valence-electron chi connectivity index (χ4n) is 3.93. The standard InChI is InChI=1S/C14H24N2O/c17-14(6-5-11-3-1-2-4-11)16-8-7-12-9-15-10-13(12)16/h11-13,15H,1-10H2/t12-,13+/m1/s1. The number of rotatable bonds is 3. The fourth-order valence-corrected chi connectivity index (χ4v) is 3.93. The summed E-state index contributed by atoms with van der Waals surface area (Å²) >= 11 is 0. The number of hydrogen-bond donors (Lipinski definition) is 1. The molecule has 2 aliphatic heterocycles. The topological polar surface area (TPSA) is 32.3 Å². The Labute approximate surface area is 104 Å². The molecule has 0 bridgehead atoms. The molecule has 0 unspecified atom stereocenters. The highest BCUT2D eigenvalue weighted by atomic mass is 16.2. The highest BCUT2D eigenvalue weighted by Gasteiger charge is 2.39. The molecule has 3 aliphatic rings. The van der Waals surface area contributed by atoms with Gasteiger partial charge < -0.3 is 10.2 Å². The summed E-state index contributed by atoms with van der Waals surface area (Å²) < 4.78 is 0. The number of likely N-dealkylation sites (tertiary alicyclic amines) is 1. The van der Waals surface area contributed by atoms with Crippen LogP contribution in [0.3, 0.4) is 0 Å². The van der Waals surface area contributed by atoms with E-state index in [1.807, 2.05) is 0 Å². The summed E-state index contributed by atoms with van der Waals surface area (Å²) in [6, 6.07) is 0.520. The Bertz CT molecular complexity index is 286. The molecule has 0 aromatic carbocycles. The molecule has 1 aliphatic carbocycles. The van der Waals surface area contributed by atoms with Crippen molar-refractivity contribution in [2.24, 2.45) is 11.8 Å². The molecule has 2 saturated heterocycles. The van der Waals surface area contributed by atoms with Crippen molar-refractivity contribution in [2.75, 3.05) is 19.6 Å². The molecule has 0 aromatic rings. The molecule has 96 valence electrons. The second-order valence-corrected chi connectivity index (χ2v) is 6.05. The van der Waals surface area contributed by atoms with Crippen LogP contribution >= 0.6 is 0 Å². The van der Waals surface area contributed by atoms with Crippen LogP contribution in [0.5, 0.6) is 0 Å². The molecule has 3 nitrogen and oxygen atoms in total. The third-order valence-electron chi connectivity index (χ3n) is 5.01. The van der Waals surface area contributed by atoms with Gasteiger partial charge in [0.25, 0.3) is 0 Å². The van der Waals surface area contributed by atoms with Gasteiger partial charge in [0.1, 0.15) is 0 Å². The predicted molar refractivity (Wildman–Crippen MR) is 67.7 cm³/mol. The molecule has 3 fully saturated rings. The average Bonchev–Trinajstić information content (AvgIpc) is 3.02. The average molecular weight is 236 g/mol. The molecule has 2 heterocycles. The number of hydrogen-bond acceptors (Lipinski definition) is 2. The molecule has 1 amide bonds. The Balaban J connectivity index is 1.48. The van der Waals surface area contributed by atoms with Crippen molar-refractivity contribution in [3.05, 3.63) is 0 Å². The minimum Gasteiger partial charge on any atom is -0.338 e. The van der Waals surface area contributed by atoms with Crippen molar-refractivity contribution >= 4 is 5.91 Å². The SMILES string of the molecule is O=C(CCC1CCCC1)N1CC[C@@H]2CNC[C@@H]21. The lowest BCUT2D eigenvalue weighted by Gasteiger charge is -2.24. The summed E-state index contributed by atoms with van der Waals surface area (Å²) in [5, 5.41) is 3.41. The molecule has 3 heteroatoms. The summed E-state index contributed by atoms with van der Waals surface area (Å²) in [4.78, 5) is 14.4. The van der Waals surface area contributed by atoms with Crippen LogP contribution in [-0.2, 0) is 4.79 Å². The summed E-state index contributed by atoms with van der Waals surface area (Å²) in [5.41, 5.74) is 0. The zero-order valence-electron chi connectivity index (χ0n) is 10.7. The molecule has 17 heavy (non-hydrogen) atoms. The van der Waals surface area contributed by atoms with Crippen LogP contribution in [0.2, 0.25) is 0 Å². The van der Waals surface area contributed by atoms with Crippen molar-refractivity contribution in [3.8, 4) is 0 Å². The van der Waals surface area contributed by atoms with Gasteiger partial charge in [0.2, 0.25) is 5.91 Å². The Morgan fingerprint density at radius 3 is 2.82 bits per heavy atom. The summed E-state index contributed by atoms with van der Waals surface area (Å²) in [6.07, 6.45) is 8.65. The first-order chi connectivity index (χ1) is 8.34. The first-order valence-electron chi connectivity index (χ1n) is 7.35. The van der Waals surface area contributed by atoms with Gasteiger partial charge in [0, 0.05) is 32.1 Å².